The normalized spacial score (nSPS) is 15.0. The van der Waals surface area contributed by atoms with Crippen molar-refractivity contribution in [2.45, 2.75) is 0 Å². The summed E-state index contributed by atoms with van der Waals surface area (Å²) in [6, 6.07) is 21.5. The number of urea groups is 1. The largest absolute Gasteiger partial charge is 0.496 e. The molecule has 0 radical (unpaired) electrons. The van der Waals surface area contributed by atoms with Gasteiger partial charge in [0, 0.05) is 11.8 Å². The molecule has 1 aliphatic heterocycles. The number of carbonyl (C=O) groups is 2. The van der Waals surface area contributed by atoms with Crippen LogP contribution in [0.5, 0.6) is 5.75 Å². The van der Waals surface area contributed by atoms with Crippen LogP contribution in [0.25, 0.3) is 23.0 Å². The SMILES string of the molecule is COc1ccccc1-c1nc2ccccn2c1/C=C1\NC(=O)N(c2ccccc2)C1=O. The van der Waals surface area contributed by atoms with Crippen LogP contribution in [0.2, 0.25) is 0 Å². The number of nitrogens with zero attached hydrogens (tertiary/aromatic N) is 3. The lowest BCUT2D eigenvalue weighted by atomic mass is 10.1. The van der Waals surface area contributed by atoms with Crippen molar-refractivity contribution in [3.8, 4) is 17.0 Å². The van der Waals surface area contributed by atoms with Crippen LogP contribution in [-0.2, 0) is 4.79 Å². The lowest BCUT2D eigenvalue weighted by Gasteiger charge is -2.11. The summed E-state index contributed by atoms with van der Waals surface area (Å²) < 4.78 is 7.39. The molecule has 0 saturated carbocycles. The average Bonchev–Trinajstić information content (AvgIpc) is 3.31. The van der Waals surface area contributed by atoms with Gasteiger partial charge in [0.15, 0.2) is 0 Å². The van der Waals surface area contributed by atoms with E-state index in [0.717, 1.165) is 10.5 Å². The molecule has 3 amide bonds. The van der Waals surface area contributed by atoms with Gasteiger partial charge in [0.25, 0.3) is 5.91 Å². The van der Waals surface area contributed by atoms with Crippen LogP contribution in [0, 0.1) is 0 Å². The van der Waals surface area contributed by atoms with Crippen LogP contribution in [0.3, 0.4) is 0 Å². The number of anilines is 1. The Labute approximate surface area is 178 Å². The molecule has 2 aromatic carbocycles. The molecule has 1 aliphatic rings. The number of imide groups is 1. The lowest BCUT2D eigenvalue weighted by molar-refractivity contribution is -0.113. The molecular weight excluding hydrogens is 392 g/mol. The Hall–Kier alpha value is -4.39. The molecule has 0 atom stereocenters. The molecule has 4 aromatic rings. The average molecular weight is 410 g/mol. The van der Waals surface area contributed by atoms with Crippen molar-refractivity contribution in [3.63, 3.8) is 0 Å². The molecule has 3 heterocycles. The van der Waals surface area contributed by atoms with E-state index in [-0.39, 0.29) is 5.70 Å². The van der Waals surface area contributed by atoms with Crippen LogP contribution in [0.15, 0.2) is 84.7 Å². The van der Waals surface area contributed by atoms with E-state index >= 15 is 0 Å². The Morgan fingerprint density at radius 1 is 0.935 bits per heavy atom. The number of nitrogens with one attached hydrogen (secondary N) is 1. The molecule has 152 valence electrons. The Morgan fingerprint density at radius 3 is 2.48 bits per heavy atom. The summed E-state index contributed by atoms with van der Waals surface area (Å²) in [4.78, 5) is 31.5. The molecule has 7 heteroatoms. The number of benzene rings is 2. The number of hydrogen-bond donors (Lipinski definition) is 1. The number of rotatable bonds is 4. The van der Waals surface area contributed by atoms with Gasteiger partial charge in [-0.25, -0.2) is 14.7 Å². The molecule has 5 rings (SSSR count). The van der Waals surface area contributed by atoms with E-state index in [0.29, 0.717) is 28.5 Å². The molecule has 0 bridgehead atoms. The van der Waals surface area contributed by atoms with Gasteiger partial charge in [-0.1, -0.05) is 36.4 Å². The number of imidazole rings is 1. The van der Waals surface area contributed by atoms with Crippen LogP contribution in [0.4, 0.5) is 10.5 Å². The third-order valence-corrected chi connectivity index (χ3v) is 5.10. The van der Waals surface area contributed by atoms with Gasteiger partial charge < -0.3 is 10.1 Å². The highest BCUT2D eigenvalue weighted by molar-refractivity contribution is 6.28. The monoisotopic (exact) mass is 410 g/mol. The maximum Gasteiger partial charge on any atom is 0.333 e. The van der Waals surface area contributed by atoms with Gasteiger partial charge in [0.05, 0.1) is 18.5 Å². The van der Waals surface area contributed by atoms with Gasteiger partial charge in [-0.15, -0.1) is 0 Å². The number of amides is 3. The van der Waals surface area contributed by atoms with Gasteiger partial charge in [-0.05, 0) is 42.5 Å². The zero-order valence-electron chi connectivity index (χ0n) is 16.6. The number of fused-ring (bicyclic) bond motifs is 1. The predicted octanol–water partition coefficient (Wildman–Crippen LogP) is 4.11. The standard InChI is InChI=1S/C24H18N4O3/c1-31-20-12-6-5-11-17(20)22-19(27-14-8-7-13-21(27)26-22)15-18-23(29)28(24(30)25-18)16-9-3-2-4-10-16/h2-15H,1H3,(H,25,30)/b18-15-. The lowest BCUT2D eigenvalue weighted by Crippen LogP contribution is -2.30. The number of aromatic nitrogens is 2. The summed E-state index contributed by atoms with van der Waals surface area (Å²) in [6.07, 6.45) is 3.52. The summed E-state index contributed by atoms with van der Waals surface area (Å²) in [5.74, 6) is 0.242. The fraction of sp³-hybridized carbons (Fsp3) is 0.0417. The molecule has 0 aliphatic carbocycles. The fourth-order valence-electron chi connectivity index (χ4n) is 3.67. The summed E-state index contributed by atoms with van der Waals surface area (Å²) in [7, 11) is 1.60. The Balaban J connectivity index is 1.67. The van der Waals surface area contributed by atoms with E-state index < -0.39 is 11.9 Å². The molecule has 2 aromatic heterocycles. The summed E-state index contributed by atoms with van der Waals surface area (Å²) in [5.41, 5.74) is 3.51. The third-order valence-electron chi connectivity index (χ3n) is 5.10. The smallest absolute Gasteiger partial charge is 0.333 e. The van der Waals surface area contributed by atoms with Gasteiger partial charge in [-0.2, -0.15) is 0 Å². The van der Waals surface area contributed by atoms with Crippen molar-refractivity contribution in [3.05, 3.63) is 90.4 Å². The van der Waals surface area contributed by atoms with Gasteiger partial charge in [0.1, 0.15) is 22.8 Å². The van der Waals surface area contributed by atoms with Crippen molar-refractivity contribution in [2.75, 3.05) is 12.0 Å². The van der Waals surface area contributed by atoms with E-state index in [1.807, 2.05) is 59.1 Å². The molecule has 7 nitrogen and oxygen atoms in total. The molecule has 1 saturated heterocycles. The third kappa shape index (κ3) is 3.12. The number of ether oxygens (including phenoxy) is 1. The second-order valence-electron chi connectivity index (χ2n) is 6.94. The molecule has 0 spiro atoms. The first-order chi connectivity index (χ1) is 15.2. The van der Waals surface area contributed by atoms with E-state index in [2.05, 4.69) is 5.32 Å². The summed E-state index contributed by atoms with van der Waals surface area (Å²) >= 11 is 0. The zero-order valence-corrected chi connectivity index (χ0v) is 16.6. The second kappa shape index (κ2) is 7.46. The fourth-order valence-corrected chi connectivity index (χ4v) is 3.67. The first-order valence-electron chi connectivity index (χ1n) is 9.70. The second-order valence-corrected chi connectivity index (χ2v) is 6.94. The van der Waals surface area contributed by atoms with E-state index in [1.54, 1.807) is 37.5 Å². The summed E-state index contributed by atoms with van der Waals surface area (Å²) in [6.45, 7) is 0. The number of pyridine rings is 1. The van der Waals surface area contributed by atoms with E-state index in [9.17, 15) is 9.59 Å². The molecular formula is C24H18N4O3. The van der Waals surface area contributed by atoms with Gasteiger partial charge in [-0.3, -0.25) is 9.20 Å². The molecule has 1 N–H and O–H groups in total. The highest BCUT2D eigenvalue weighted by atomic mass is 16.5. The van der Waals surface area contributed by atoms with Gasteiger partial charge >= 0.3 is 6.03 Å². The maximum atomic E-state index is 13.1. The Kier molecular flexibility index (Phi) is 4.48. The van der Waals surface area contributed by atoms with Crippen molar-refractivity contribution in [1.82, 2.24) is 14.7 Å². The quantitative estimate of drug-likeness (QED) is 0.406. The Bertz CT molecular complexity index is 1340. The van der Waals surface area contributed by atoms with Crippen LogP contribution >= 0.6 is 0 Å². The number of carbonyl (C=O) groups excluding carboxylic acids is 2. The topological polar surface area (TPSA) is 75.9 Å². The first-order valence-corrected chi connectivity index (χ1v) is 9.70. The van der Waals surface area contributed by atoms with Crippen molar-refractivity contribution < 1.29 is 14.3 Å². The maximum absolute atomic E-state index is 13.1. The van der Waals surface area contributed by atoms with E-state index in [4.69, 9.17) is 9.72 Å². The minimum atomic E-state index is -0.491. The predicted molar refractivity (Wildman–Crippen MR) is 118 cm³/mol. The molecule has 31 heavy (non-hydrogen) atoms. The van der Waals surface area contributed by atoms with E-state index in [1.165, 1.54) is 0 Å². The van der Waals surface area contributed by atoms with Crippen LogP contribution in [0.1, 0.15) is 5.69 Å². The minimum Gasteiger partial charge on any atom is -0.496 e. The van der Waals surface area contributed by atoms with Crippen LogP contribution < -0.4 is 15.0 Å². The van der Waals surface area contributed by atoms with Crippen LogP contribution in [-0.4, -0.2) is 28.4 Å². The zero-order chi connectivity index (χ0) is 21.4. The first kappa shape index (κ1) is 18.6. The number of methoxy groups -OCH3 is 1. The van der Waals surface area contributed by atoms with Crippen molar-refractivity contribution >= 4 is 29.3 Å². The van der Waals surface area contributed by atoms with Crippen molar-refractivity contribution in [2.24, 2.45) is 0 Å². The highest BCUT2D eigenvalue weighted by Gasteiger charge is 2.35. The Morgan fingerprint density at radius 2 is 1.68 bits per heavy atom. The van der Waals surface area contributed by atoms with Gasteiger partial charge in [0.2, 0.25) is 0 Å². The number of para-hydroxylation sites is 2. The minimum absolute atomic E-state index is 0.177. The summed E-state index contributed by atoms with van der Waals surface area (Å²) in [5, 5.41) is 2.69. The molecule has 0 unspecified atom stereocenters. The molecule has 1 fully saturated rings. The van der Waals surface area contributed by atoms with Crippen molar-refractivity contribution in [1.29, 1.82) is 0 Å². The highest BCUT2D eigenvalue weighted by Crippen LogP contribution is 2.33. The number of hydrogen-bond acceptors (Lipinski definition) is 4.